The summed E-state index contributed by atoms with van der Waals surface area (Å²) < 4.78 is 6.56. The number of fused-ring (bicyclic) bond motifs is 1. The first-order chi connectivity index (χ1) is 14.6. The Labute approximate surface area is 173 Å². The lowest BCUT2D eigenvalue weighted by atomic mass is 10.1. The fraction of sp³-hybridized carbons (Fsp3) is 0.261. The molecular formula is C23H23N3O4. The number of carbonyl (C=O) groups is 2. The number of likely N-dealkylation sites (tertiary alicyclic amines) is 1. The first-order valence-corrected chi connectivity index (χ1v) is 9.92. The minimum Gasteiger partial charge on any atom is -0.497 e. The predicted molar refractivity (Wildman–Crippen MR) is 115 cm³/mol. The monoisotopic (exact) mass is 405 g/mol. The highest BCUT2D eigenvalue weighted by Crippen LogP contribution is 2.21. The highest BCUT2D eigenvalue weighted by Gasteiger charge is 2.23. The largest absolute Gasteiger partial charge is 0.497 e. The van der Waals surface area contributed by atoms with Crippen LogP contribution < -0.4 is 15.6 Å². The van der Waals surface area contributed by atoms with Crippen molar-refractivity contribution in [3.63, 3.8) is 0 Å². The van der Waals surface area contributed by atoms with Crippen LogP contribution in [0, 0.1) is 0 Å². The molecule has 4 rings (SSSR count). The third kappa shape index (κ3) is 3.91. The molecule has 0 aliphatic carbocycles. The maximum absolute atomic E-state index is 12.9. The molecule has 1 fully saturated rings. The molecule has 0 unspecified atom stereocenters. The summed E-state index contributed by atoms with van der Waals surface area (Å²) in [5, 5.41) is 3.45. The fourth-order valence-electron chi connectivity index (χ4n) is 3.81. The van der Waals surface area contributed by atoms with E-state index in [1.54, 1.807) is 48.4 Å². The van der Waals surface area contributed by atoms with Crippen molar-refractivity contribution in [3.05, 3.63) is 70.5 Å². The number of rotatable bonds is 5. The summed E-state index contributed by atoms with van der Waals surface area (Å²) in [6.07, 6.45) is 1.95. The van der Waals surface area contributed by atoms with Crippen molar-refractivity contribution in [2.45, 2.75) is 19.4 Å². The van der Waals surface area contributed by atoms with Gasteiger partial charge in [0.1, 0.15) is 12.3 Å². The molecule has 0 radical (unpaired) electrons. The van der Waals surface area contributed by atoms with Gasteiger partial charge in [-0.25, -0.2) is 0 Å². The van der Waals surface area contributed by atoms with Gasteiger partial charge in [0, 0.05) is 36.3 Å². The van der Waals surface area contributed by atoms with Crippen molar-refractivity contribution in [1.29, 1.82) is 0 Å². The van der Waals surface area contributed by atoms with Crippen LogP contribution in [0.1, 0.15) is 23.2 Å². The van der Waals surface area contributed by atoms with Crippen LogP contribution in [0.5, 0.6) is 5.75 Å². The number of pyridine rings is 1. The molecule has 0 atom stereocenters. The number of nitrogens with zero attached hydrogens (tertiary/aromatic N) is 2. The topological polar surface area (TPSA) is 80.6 Å². The molecule has 154 valence electrons. The van der Waals surface area contributed by atoms with Gasteiger partial charge in [-0.15, -0.1) is 0 Å². The lowest BCUT2D eigenvalue weighted by Crippen LogP contribution is -2.32. The van der Waals surface area contributed by atoms with Gasteiger partial charge in [-0.2, -0.15) is 0 Å². The van der Waals surface area contributed by atoms with Gasteiger partial charge in [0.25, 0.3) is 11.5 Å². The number of ether oxygens (including phenoxy) is 1. The second kappa shape index (κ2) is 8.41. The van der Waals surface area contributed by atoms with Crippen molar-refractivity contribution >= 4 is 28.4 Å². The summed E-state index contributed by atoms with van der Waals surface area (Å²) in [6, 6.07) is 15.6. The maximum Gasteiger partial charge on any atom is 0.254 e. The molecule has 2 aromatic carbocycles. The van der Waals surface area contributed by atoms with Gasteiger partial charge >= 0.3 is 0 Å². The quantitative estimate of drug-likeness (QED) is 0.708. The van der Waals surface area contributed by atoms with E-state index >= 15 is 0 Å². The molecule has 30 heavy (non-hydrogen) atoms. The van der Waals surface area contributed by atoms with Crippen LogP contribution in [-0.4, -0.2) is 41.5 Å². The maximum atomic E-state index is 12.9. The predicted octanol–water partition coefficient (Wildman–Crippen LogP) is 2.88. The number of para-hydroxylation sites is 1. The molecule has 1 saturated heterocycles. The average Bonchev–Trinajstić information content (AvgIpc) is 3.30. The summed E-state index contributed by atoms with van der Waals surface area (Å²) in [5.74, 6) is 0.156. The van der Waals surface area contributed by atoms with E-state index in [4.69, 9.17) is 4.74 Å². The lowest BCUT2D eigenvalue weighted by Gasteiger charge is -2.18. The standard InChI is InChI=1S/C23H23N3O4/c1-30-17-8-6-7-16(13-17)24-21(27)15-26-20-10-3-2-9-18(20)19(14-22(26)28)23(29)25-11-4-5-12-25/h2-3,6-10,13-14H,4-5,11-12,15H2,1H3,(H,24,27). The molecule has 7 heteroatoms. The second-order valence-electron chi connectivity index (χ2n) is 7.28. The van der Waals surface area contributed by atoms with E-state index in [1.165, 1.54) is 10.6 Å². The van der Waals surface area contributed by atoms with Crippen LogP contribution in [0.4, 0.5) is 5.69 Å². The van der Waals surface area contributed by atoms with Crippen molar-refractivity contribution < 1.29 is 14.3 Å². The number of nitrogens with one attached hydrogen (secondary N) is 1. The smallest absolute Gasteiger partial charge is 0.254 e. The second-order valence-corrected chi connectivity index (χ2v) is 7.28. The van der Waals surface area contributed by atoms with E-state index < -0.39 is 0 Å². The molecule has 1 aromatic heterocycles. The Bertz CT molecular complexity index is 1160. The van der Waals surface area contributed by atoms with E-state index in [0.717, 1.165) is 12.8 Å². The summed E-state index contributed by atoms with van der Waals surface area (Å²) >= 11 is 0. The van der Waals surface area contributed by atoms with Gasteiger partial charge in [0.2, 0.25) is 5.91 Å². The van der Waals surface area contributed by atoms with Crippen LogP contribution in [-0.2, 0) is 11.3 Å². The lowest BCUT2D eigenvalue weighted by molar-refractivity contribution is -0.116. The van der Waals surface area contributed by atoms with Gasteiger partial charge in [0.15, 0.2) is 0 Å². The number of anilines is 1. The molecule has 0 spiro atoms. The molecule has 0 saturated carbocycles. The minimum atomic E-state index is -0.378. The van der Waals surface area contributed by atoms with Crippen molar-refractivity contribution in [2.75, 3.05) is 25.5 Å². The number of aromatic nitrogens is 1. The Morgan fingerprint density at radius 2 is 1.80 bits per heavy atom. The molecule has 2 amide bonds. The zero-order chi connectivity index (χ0) is 21.1. The number of benzene rings is 2. The van der Waals surface area contributed by atoms with Crippen LogP contribution >= 0.6 is 0 Å². The van der Waals surface area contributed by atoms with E-state index in [1.807, 2.05) is 12.1 Å². The molecule has 1 aliphatic rings. The molecule has 1 aliphatic heterocycles. The van der Waals surface area contributed by atoms with Gasteiger partial charge in [-0.05, 0) is 31.0 Å². The van der Waals surface area contributed by atoms with E-state index in [-0.39, 0.29) is 23.9 Å². The van der Waals surface area contributed by atoms with Crippen molar-refractivity contribution in [3.8, 4) is 5.75 Å². The number of hydrogen-bond acceptors (Lipinski definition) is 4. The number of hydrogen-bond donors (Lipinski definition) is 1. The van der Waals surface area contributed by atoms with Crippen LogP contribution in [0.3, 0.4) is 0 Å². The molecule has 7 nitrogen and oxygen atoms in total. The number of methoxy groups -OCH3 is 1. The third-order valence-electron chi connectivity index (χ3n) is 5.30. The van der Waals surface area contributed by atoms with E-state index in [2.05, 4.69) is 5.32 Å². The van der Waals surface area contributed by atoms with Crippen LogP contribution in [0.2, 0.25) is 0 Å². The van der Waals surface area contributed by atoms with Crippen molar-refractivity contribution in [2.24, 2.45) is 0 Å². The van der Waals surface area contributed by atoms with E-state index in [0.29, 0.717) is 41.0 Å². The van der Waals surface area contributed by atoms with Crippen molar-refractivity contribution in [1.82, 2.24) is 9.47 Å². The Morgan fingerprint density at radius 3 is 2.57 bits per heavy atom. The zero-order valence-electron chi connectivity index (χ0n) is 16.8. The van der Waals surface area contributed by atoms with Gasteiger partial charge in [0.05, 0.1) is 18.2 Å². The average molecular weight is 405 g/mol. The van der Waals surface area contributed by atoms with Crippen LogP contribution in [0.15, 0.2) is 59.4 Å². The number of carbonyl (C=O) groups excluding carboxylic acids is 2. The Hall–Kier alpha value is -3.61. The Morgan fingerprint density at radius 1 is 1.03 bits per heavy atom. The molecule has 0 bridgehead atoms. The molecule has 1 N–H and O–H groups in total. The highest BCUT2D eigenvalue weighted by atomic mass is 16.5. The Kier molecular flexibility index (Phi) is 5.52. The minimum absolute atomic E-state index is 0.131. The zero-order valence-corrected chi connectivity index (χ0v) is 16.8. The molecule has 2 heterocycles. The number of amides is 2. The van der Waals surface area contributed by atoms with E-state index in [9.17, 15) is 14.4 Å². The highest BCUT2D eigenvalue weighted by molar-refractivity contribution is 6.06. The third-order valence-corrected chi connectivity index (χ3v) is 5.30. The molecule has 3 aromatic rings. The van der Waals surface area contributed by atoms with Gasteiger partial charge in [-0.3, -0.25) is 19.0 Å². The summed E-state index contributed by atoms with van der Waals surface area (Å²) in [5.41, 5.74) is 1.16. The van der Waals surface area contributed by atoms with Gasteiger partial charge < -0.3 is 15.0 Å². The first-order valence-electron chi connectivity index (χ1n) is 9.92. The Balaban J connectivity index is 1.65. The fourth-order valence-corrected chi connectivity index (χ4v) is 3.81. The van der Waals surface area contributed by atoms with Gasteiger partial charge in [-0.1, -0.05) is 24.3 Å². The SMILES string of the molecule is COc1cccc(NC(=O)Cn2c(=O)cc(C(=O)N3CCCC3)c3ccccc32)c1. The summed E-state index contributed by atoms with van der Waals surface area (Å²) in [7, 11) is 1.55. The first kappa shape index (κ1) is 19.7. The molecular weight excluding hydrogens is 382 g/mol. The normalized spacial score (nSPS) is 13.4. The summed E-state index contributed by atoms with van der Waals surface area (Å²) in [4.78, 5) is 40.2. The summed E-state index contributed by atoms with van der Waals surface area (Å²) in [6.45, 7) is 1.26. The van der Waals surface area contributed by atoms with Crippen LogP contribution in [0.25, 0.3) is 10.9 Å².